The normalized spacial score (nSPS) is 16.4. The highest BCUT2D eigenvalue weighted by Crippen LogP contribution is 2.39. The van der Waals surface area contributed by atoms with Gasteiger partial charge in [-0.2, -0.15) is 0 Å². The molecule has 0 radical (unpaired) electrons. The molecule has 2 aromatic rings. The molecule has 0 saturated carbocycles. The number of hydrogen-bond acceptors (Lipinski definition) is 0. The van der Waals surface area contributed by atoms with Crippen molar-refractivity contribution < 1.29 is 4.57 Å². The monoisotopic (exact) mass is 252 g/mol. The van der Waals surface area contributed by atoms with E-state index in [2.05, 4.69) is 68.9 Å². The van der Waals surface area contributed by atoms with E-state index in [1.807, 2.05) is 0 Å². The van der Waals surface area contributed by atoms with Crippen LogP contribution < -0.4 is 4.57 Å². The minimum atomic E-state index is 0.320. The van der Waals surface area contributed by atoms with E-state index in [0.717, 1.165) is 0 Å². The van der Waals surface area contributed by atoms with Gasteiger partial charge in [0.15, 0.2) is 6.20 Å². The number of fused-ring (bicyclic) bond motifs is 1. The Bertz CT molecular complexity index is 638. The van der Waals surface area contributed by atoms with E-state index in [4.69, 9.17) is 0 Å². The van der Waals surface area contributed by atoms with Gasteiger partial charge in [-0.05, 0) is 42.4 Å². The smallest absolute Gasteiger partial charge is 0.201 e. The molecular weight excluding hydrogens is 230 g/mol. The number of aryl methyl sites for hydroxylation is 3. The van der Waals surface area contributed by atoms with Gasteiger partial charge in [-0.3, -0.25) is 0 Å². The molecule has 98 valence electrons. The molecule has 1 heterocycles. The van der Waals surface area contributed by atoms with Crippen LogP contribution >= 0.6 is 0 Å². The summed E-state index contributed by atoms with van der Waals surface area (Å²) in [6.07, 6.45) is 4.80. The molecule has 3 rings (SSSR count). The summed E-state index contributed by atoms with van der Waals surface area (Å²) in [6, 6.07) is 11.0. The minimum absolute atomic E-state index is 0.320. The standard InChI is InChI=1S/C18H22N/c1-13-7-5-6-8-15(13)17-11-16-14(12-19(17)4)9-10-18(16,2)3/h5-8,11-12H,9-10H2,1-4H3/q+1. The molecule has 1 aromatic carbocycles. The fourth-order valence-electron chi connectivity index (χ4n) is 3.24. The Balaban J connectivity index is 2.22. The molecule has 0 N–H and O–H groups in total. The first-order valence-corrected chi connectivity index (χ1v) is 7.08. The van der Waals surface area contributed by atoms with Crippen LogP contribution in [0.5, 0.6) is 0 Å². The van der Waals surface area contributed by atoms with Crippen molar-refractivity contribution in [1.29, 1.82) is 0 Å². The third kappa shape index (κ3) is 1.98. The molecule has 0 atom stereocenters. The van der Waals surface area contributed by atoms with E-state index in [9.17, 15) is 0 Å². The molecule has 1 aromatic heterocycles. The molecule has 1 aliphatic carbocycles. The van der Waals surface area contributed by atoms with Crippen molar-refractivity contribution in [1.82, 2.24) is 0 Å². The molecule has 1 nitrogen and oxygen atoms in total. The maximum Gasteiger partial charge on any atom is 0.212 e. The Morgan fingerprint density at radius 2 is 1.89 bits per heavy atom. The summed E-state index contributed by atoms with van der Waals surface area (Å²) in [5, 5.41) is 0. The second-order valence-corrected chi connectivity index (χ2v) is 6.41. The topological polar surface area (TPSA) is 3.88 Å². The Morgan fingerprint density at radius 3 is 2.63 bits per heavy atom. The van der Waals surface area contributed by atoms with Crippen molar-refractivity contribution in [3.8, 4) is 11.3 Å². The lowest BCUT2D eigenvalue weighted by Crippen LogP contribution is -2.32. The SMILES string of the molecule is Cc1ccccc1-c1cc2c(c[n+]1C)CCC2(C)C. The predicted octanol–water partition coefficient (Wildman–Crippen LogP) is 3.71. The van der Waals surface area contributed by atoms with Crippen LogP contribution in [0.3, 0.4) is 0 Å². The van der Waals surface area contributed by atoms with Crippen LogP contribution in [0, 0.1) is 6.92 Å². The van der Waals surface area contributed by atoms with Gasteiger partial charge in [0, 0.05) is 17.2 Å². The van der Waals surface area contributed by atoms with Gasteiger partial charge in [0.1, 0.15) is 7.05 Å². The molecule has 0 spiro atoms. The van der Waals surface area contributed by atoms with Crippen LogP contribution in [0.2, 0.25) is 0 Å². The Labute approximate surface area is 115 Å². The van der Waals surface area contributed by atoms with E-state index >= 15 is 0 Å². The average molecular weight is 252 g/mol. The van der Waals surface area contributed by atoms with E-state index in [1.54, 1.807) is 0 Å². The van der Waals surface area contributed by atoms with E-state index in [0.29, 0.717) is 5.41 Å². The molecule has 19 heavy (non-hydrogen) atoms. The summed E-state index contributed by atoms with van der Waals surface area (Å²) < 4.78 is 2.28. The predicted molar refractivity (Wildman–Crippen MR) is 79.1 cm³/mol. The molecule has 0 aliphatic heterocycles. The van der Waals surface area contributed by atoms with Crippen LogP contribution in [-0.4, -0.2) is 0 Å². The zero-order valence-electron chi connectivity index (χ0n) is 12.3. The zero-order valence-corrected chi connectivity index (χ0v) is 12.3. The summed E-state index contributed by atoms with van der Waals surface area (Å²) in [7, 11) is 2.16. The van der Waals surface area contributed by atoms with Crippen molar-refractivity contribution in [2.45, 2.75) is 39.0 Å². The number of hydrogen-bond donors (Lipinski definition) is 0. The third-order valence-electron chi connectivity index (χ3n) is 4.53. The van der Waals surface area contributed by atoms with E-state index < -0.39 is 0 Å². The first kappa shape index (κ1) is 12.4. The van der Waals surface area contributed by atoms with Gasteiger partial charge >= 0.3 is 0 Å². The summed E-state index contributed by atoms with van der Waals surface area (Å²) in [6.45, 7) is 6.91. The first-order valence-electron chi connectivity index (χ1n) is 7.08. The van der Waals surface area contributed by atoms with E-state index in [-0.39, 0.29) is 0 Å². The third-order valence-corrected chi connectivity index (χ3v) is 4.53. The van der Waals surface area contributed by atoms with Crippen molar-refractivity contribution in [3.05, 3.63) is 53.2 Å². The molecule has 1 aliphatic rings. The Hall–Kier alpha value is -1.63. The number of rotatable bonds is 1. The second kappa shape index (κ2) is 4.19. The molecule has 0 bridgehead atoms. The van der Waals surface area contributed by atoms with Crippen LogP contribution in [0.4, 0.5) is 0 Å². The van der Waals surface area contributed by atoms with Gasteiger partial charge in [-0.1, -0.05) is 32.0 Å². The number of nitrogens with zero attached hydrogens (tertiary/aromatic N) is 1. The summed E-state index contributed by atoms with van der Waals surface area (Å²) in [4.78, 5) is 0. The second-order valence-electron chi connectivity index (χ2n) is 6.41. The van der Waals surface area contributed by atoms with Gasteiger partial charge in [-0.15, -0.1) is 0 Å². The lowest BCUT2D eigenvalue weighted by atomic mass is 9.86. The van der Waals surface area contributed by atoms with Crippen LogP contribution in [0.1, 0.15) is 37.0 Å². The molecular formula is C18H22N+. The van der Waals surface area contributed by atoms with Gasteiger partial charge in [0.2, 0.25) is 5.69 Å². The molecule has 0 saturated heterocycles. The lowest BCUT2D eigenvalue weighted by Gasteiger charge is -2.18. The van der Waals surface area contributed by atoms with Crippen molar-refractivity contribution >= 4 is 0 Å². The minimum Gasteiger partial charge on any atom is -0.201 e. The Kier molecular flexibility index (Phi) is 2.74. The Morgan fingerprint density at radius 1 is 1.16 bits per heavy atom. The molecule has 0 fully saturated rings. The van der Waals surface area contributed by atoms with E-state index in [1.165, 1.54) is 40.8 Å². The van der Waals surface area contributed by atoms with Crippen molar-refractivity contribution in [2.24, 2.45) is 7.05 Å². The maximum absolute atomic E-state index is 2.41. The zero-order chi connectivity index (χ0) is 13.6. The highest BCUT2D eigenvalue weighted by atomic mass is 14.9. The molecule has 0 amide bonds. The summed E-state index contributed by atoms with van der Waals surface area (Å²) >= 11 is 0. The van der Waals surface area contributed by atoms with Crippen molar-refractivity contribution in [3.63, 3.8) is 0 Å². The first-order chi connectivity index (χ1) is 8.99. The van der Waals surface area contributed by atoms with Crippen LogP contribution in [0.25, 0.3) is 11.3 Å². The number of benzene rings is 1. The quantitative estimate of drug-likeness (QED) is 0.681. The fraction of sp³-hybridized carbons (Fsp3) is 0.389. The summed E-state index contributed by atoms with van der Waals surface area (Å²) in [5.41, 5.74) is 7.38. The largest absolute Gasteiger partial charge is 0.212 e. The molecule has 1 heteroatoms. The van der Waals surface area contributed by atoms with Crippen LogP contribution in [0.15, 0.2) is 36.5 Å². The van der Waals surface area contributed by atoms with Gasteiger partial charge < -0.3 is 0 Å². The lowest BCUT2D eigenvalue weighted by molar-refractivity contribution is -0.660. The summed E-state index contributed by atoms with van der Waals surface area (Å²) in [5.74, 6) is 0. The molecule has 0 unspecified atom stereocenters. The van der Waals surface area contributed by atoms with Gasteiger partial charge in [-0.25, -0.2) is 4.57 Å². The van der Waals surface area contributed by atoms with Crippen molar-refractivity contribution in [2.75, 3.05) is 0 Å². The highest BCUT2D eigenvalue weighted by Gasteiger charge is 2.33. The number of aromatic nitrogens is 1. The average Bonchev–Trinajstić information content (AvgIpc) is 2.65. The van der Waals surface area contributed by atoms with Gasteiger partial charge in [0.05, 0.1) is 0 Å². The van der Waals surface area contributed by atoms with Gasteiger partial charge in [0.25, 0.3) is 0 Å². The number of pyridine rings is 1. The maximum atomic E-state index is 2.41. The highest BCUT2D eigenvalue weighted by molar-refractivity contribution is 5.62. The fourth-order valence-corrected chi connectivity index (χ4v) is 3.24. The van der Waals surface area contributed by atoms with Crippen LogP contribution in [-0.2, 0) is 18.9 Å².